The third-order valence-corrected chi connectivity index (χ3v) is 5.90. The smallest absolute Gasteiger partial charge is 0.270 e. The largest absolute Gasteiger partial charge is 0.351 e. The Balaban J connectivity index is 1.44. The lowest BCUT2D eigenvalue weighted by Gasteiger charge is -2.34. The summed E-state index contributed by atoms with van der Waals surface area (Å²) in [5.41, 5.74) is 2.95. The van der Waals surface area contributed by atoms with E-state index in [1.807, 2.05) is 53.9 Å². The highest BCUT2D eigenvalue weighted by molar-refractivity contribution is 5.99. The van der Waals surface area contributed by atoms with Crippen molar-refractivity contribution in [1.29, 1.82) is 0 Å². The molecule has 1 aromatic carbocycles. The fourth-order valence-corrected chi connectivity index (χ4v) is 4.01. The van der Waals surface area contributed by atoms with E-state index in [9.17, 15) is 9.59 Å². The number of rotatable bonds is 3. The molecule has 7 heteroatoms. The van der Waals surface area contributed by atoms with Gasteiger partial charge in [-0.2, -0.15) is 5.10 Å². The first kappa shape index (κ1) is 17.0. The summed E-state index contributed by atoms with van der Waals surface area (Å²) in [4.78, 5) is 32.9. The van der Waals surface area contributed by atoms with Gasteiger partial charge in [-0.05, 0) is 31.9 Å². The predicted octanol–water partition coefficient (Wildman–Crippen LogP) is 2.64. The molecule has 5 rings (SSSR count). The van der Waals surface area contributed by atoms with Gasteiger partial charge in [0, 0.05) is 30.0 Å². The molecule has 144 valence electrons. The molecule has 1 aliphatic heterocycles. The van der Waals surface area contributed by atoms with Crippen LogP contribution in [0, 0.1) is 0 Å². The quantitative estimate of drug-likeness (QED) is 0.763. The Labute approximate surface area is 162 Å². The lowest BCUT2D eigenvalue weighted by atomic mass is 10.1. The fourth-order valence-electron chi connectivity index (χ4n) is 4.01. The third kappa shape index (κ3) is 2.69. The van der Waals surface area contributed by atoms with Crippen molar-refractivity contribution in [2.75, 3.05) is 7.05 Å². The van der Waals surface area contributed by atoms with Crippen LogP contribution in [0.5, 0.6) is 0 Å². The Morgan fingerprint density at radius 2 is 2.04 bits per heavy atom. The van der Waals surface area contributed by atoms with Crippen LogP contribution in [0.4, 0.5) is 0 Å². The van der Waals surface area contributed by atoms with E-state index in [-0.39, 0.29) is 17.9 Å². The number of fused-ring (bicyclic) bond motifs is 2. The van der Waals surface area contributed by atoms with Gasteiger partial charge in [0.05, 0.1) is 30.5 Å². The number of hydrogen-bond donors (Lipinski definition) is 1. The molecule has 2 aliphatic rings. The highest BCUT2D eigenvalue weighted by Gasteiger charge is 2.35. The van der Waals surface area contributed by atoms with Gasteiger partial charge in [0.1, 0.15) is 5.69 Å². The van der Waals surface area contributed by atoms with Crippen LogP contribution in [-0.2, 0) is 13.1 Å². The number of nitrogens with one attached hydrogen (secondary N) is 1. The molecule has 0 spiro atoms. The average molecular weight is 377 g/mol. The van der Waals surface area contributed by atoms with Crippen LogP contribution in [0.1, 0.15) is 46.3 Å². The first-order valence-corrected chi connectivity index (χ1v) is 9.73. The molecule has 7 nitrogen and oxygen atoms in total. The number of carbonyl (C=O) groups is 2. The summed E-state index contributed by atoms with van der Waals surface area (Å²) in [6, 6.07) is 10.1. The van der Waals surface area contributed by atoms with Gasteiger partial charge in [0.25, 0.3) is 11.8 Å². The van der Waals surface area contributed by atoms with Crippen molar-refractivity contribution in [3.63, 3.8) is 0 Å². The maximum absolute atomic E-state index is 13.2. The molecule has 3 heterocycles. The summed E-state index contributed by atoms with van der Waals surface area (Å²) in [6.45, 7) is 2.99. The Kier molecular flexibility index (Phi) is 3.79. The van der Waals surface area contributed by atoms with Gasteiger partial charge in [0.2, 0.25) is 0 Å². The highest BCUT2D eigenvalue weighted by Crippen LogP contribution is 2.29. The molecule has 2 aromatic heterocycles. The highest BCUT2D eigenvalue weighted by atomic mass is 16.2. The molecule has 1 N–H and O–H groups in total. The zero-order valence-electron chi connectivity index (χ0n) is 16.1. The van der Waals surface area contributed by atoms with Crippen LogP contribution in [0.2, 0.25) is 0 Å². The molecular weight excluding hydrogens is 354 g/mol. The molecule has 0 saturated heterocycles. The minimum absolute atomic E-state index is 0.00341. The van der Waals surface area contributed by atoms with Gasteiger partial charge >= 0.3 is 0 Å². The van der Waals surface area contributed by atoms with Crippen molar-refractivity contribution in [3.8, 4) is 0 Å². The van der Waals surface area contributed by atoms with Gasteiger partial charge in [-0.3, -0.25) is 14.3 Å². The summed E-state index contributed by atoms with van der Waals surface area (Å²) in [6.07, 6.45) is 3.78. The Bertz CT molecular complexity index is 1040. The second kappa shape index (κ2) is 6.22. The van der Waals surface area contributed by atoms with E-state index >= 15 is 0 Å². The van der Waals surface area contributed by atoms with Crippen molar-refractivity contribution in [2.24, 2.45) is 0 Å². The molecule has 3 aromatic rings. The van der Waals surface area contributed by atoms with Crippen LogP contribution in [-0.4, -0.2) is 55.5 Å². The number of H-pyrrole nitrogens is 1. The number of nitrogens with zero attached hydrogens (tertiary/aromatic N) is 4. The number of benzene rings is 1. The van der Waals surface area contributed by atoms with Crippen molar-refractivity contribution in [2.45, 2.75) is 44.9 Å². The van der Waals surface area contributed by atoms with Crippen LogP contribution < -0.4 is 0 Å². The number of carbonyl (C=O) groups excluding carboxylic acids is 2. The second-order valence-electron chi connectivity index (χ2n) is 7.89. The molecule has 2 amide bonds. The summed E-state index contributed by atoms with van der Waals surface area (Å²) in [5, 5.41) is 5.43. The Morgan fingerprint density at radius 3 is 2.79 bits per heavy atom. The monoisotopic (exact) mass is 377 g/mol. The fraction of sp³-hybridized carbons (Fsp3) is 0.381. The number of para-hydroxylation sites is 1. The van der Waals surface area contributed by atoms with Crippen molar-refractivity contribution in [3.05, 3.63) is 53.5 Å². The Morgan fingerprint density at radius 1 is 1.25 bits per heavy atom. The molecule has 0 unspecified atom stereocenters. The molecular formula is C21H23N5O2. The van der Waals surface area contributed by atoms with Gasteiger partial charge < -0.3 is 14.8 Å². The van der Waals surface area contributed by atoms with E-state index < -0.39 is 0 Å². The van der Waals surface area contributed by atoms with E-state index in [4.69, 9.17) is 0 Å². The Hall–Kier alpha value is -3.09. The minimum atomic E-state index is -0.0508. The van der Waals surface area contributed by atoms with Gasteiger partial charge in [0.15, 0.2) is 0 Å². The topological polar surface area (TPSA) is 74.2 Å². The molecule has 1 fully saturated rings. The molecule has 0 bridgehead atoms. The summed E-state index contributed by atoms with van der Waals surface area (Å²) >= 11 is 0. The van der Waals surface area contributed by atoms with E-state index in [0.29, 0.717) is 30.4 Å². The lowest BCUT2D eigenvalue weighted by Crippen LogP contribution is -2.45. The molecule has 0 radical (unpaired) electrons. The van der Waals surface area contributed by atoms with Gasteiger partial charge in [-0.25, -0.2) is 0 Å². The normalized spacial score (nSPS) is 18.9. The lowest BCUT2D eigenvalue weighted by molar-refractivity contribution is 0.0594. The van der Waals surface area contributed by atoms with Gasteiger partial charge in [-0.1, -0.05) is 18.2 Å². The van der Waals surface area contributed by atoms with E-state index in [1.165, 1.54) is 0 Å². The minimum Gasteiger partial charge on any atom is -0.351 e. The summed E-state index contributed by atoms with van der Waals surface area (Å²) in [5.74, 6) is -0.0542. The second-order valence-corrected chi connectivity index (χ2v) is 7.89. The van der Waals surface area contributed by atoms with Crippen molar-refractivity contribution >= 4 is 22.7 Å². The van der Waals surface area contributed by atoms with Crippen molar-refractivity contribution < 1.29 is 9.59 Å². The van der Waals surface area contributed by atoms with Crippen LogP contribution >= 0.6 is 0 Å². The van der Waals surface area contributed by atoms with Crippen molar-refractivity contribution in [1.82, 2.24) is 24.6 Å². The summed E-state index contributed by atoms with van der Waals surface area (Å²) < 4.78 is 1.87. The molecule has 1 aliphatic carbocycles. The van der Waals surface area contributed by atoms with Crippen LogP contribution in [0.25, 0.3) is 10.9 Å². The average Bonchev–Trinajstić information content (AvgIpc) is 3.33. The zero-order chi connectivity index (χ0) is 19.4. The van der Waals surface area contributed by atoms with Crippen LogP contribution in [0.3, 0.4) is 0 Å². The molecule has 1 saturated carbocycles. The zero-order valence-corrected chi connectivity index (χ0v) is 16.1. The first-order valence-electron chi connectivity index (χ1n) is 9.73. The summed E-state index contributed by atoms with van der Waals surface area (Å²) in [7, 11) is 1.85. The van der Waals surface area contributed by atoms with E-state index in [1.54, 1.807) is 11.1 Å². The van der Waals surface area contributed by atoms with E-state index in [2.05, 4.69) is 10.1 Å². The standard InChI is InChI=1S/C21H23N5O2/c1-13-11-26-19(16(10-22-26)20(27)24(2)15-7-8-15)12-25(13)21(28)18-9-14-5-3-4-6-17(14)23-18/h3-6,9-10,13,15,23H,7-8,11-12H2,1-2H3/t13-/m0/s1. The van der Waals surface area contributed by atoms with E-state index in [0.717, 1.165) is 29.4 Å². The predicted molar refractivity (Wildman–Crippen MR) is 105 cm³/mol. The maximum atomic E-state index is 13.2. The first-order chi connectivity index (χ1) is 13.5. The maximum Gasteiger partial charge on any atom is 0.270 e. The van der Waals surface area contributed by atoms with Crippen LogP contribution in [0.15, 0.2) is 36.5 Å². The molecule has 1 atom stereocenters. The number of amides is 2. The number of hydrogen-bond acceptors (Lipinski definition) is 3. The number of aromatic nitrogens is 3. The molecule has 28 heavy (non-hydrogen) atoms. The number of aromatic amines is 1. The van der Waals surface area contributed by atoms with Gasteiger partial charge in [-0.15, -0.1) is 0 Å². The SMILES string of the molecule is C[C@H]1Cn2ncc(C(=O)N(C)C3CC3)c2CN1C(=O)c1cc2ccccc2[nH]1. The third-order valence-electron chi connectivity index (χ3n) is 5.90.